The summed E-state index contributed by atoms with van der Waals surface area (Å²) in [5.41, 5.74) is 2.96. The fraction of sp³-hybridized carbons (Fsp3) is 0.391. The largest absolute Gasteiger partial charge is 0.482 e. The van der Waals surface area contributed by atoms with E-state index in [2.05, 4.69) is 13.0 Å². The van der Waals surface area contributed by atoms with Gasteiger partial charge in [0.05, 0.1) is 6.04 Å². The fourth-order valence-corrected chi connectivity index (χ4v) is 4.54. The molecule has 1 saturated carbocycles. The topological polar surface area (TPSA) is 66.8 Å². The van der Waals surface area contributed by atoms with Crippen LogP contribution < -0.4 is 4.74 Å². The monoisotopic (exact) mass is 413 g/mol. The smallest absolute Gasteiger partial charge is 0.341 e. The number of carbonyl (C=O) groups is 2. The van der Waals surface area contributed by atoms with Gasteiger partial charge in [0.25, 0.3) is 0 Å². The molecule has 0 bridgehead atoms. The lowest BCUT2D eigenvalue weighted by Crippen LogP contribution is -2.41. The number of ether oxygens (including phenoxy) is 1. The first-order valence-electron chi connectivity index (χ1n) is 10.0. The van der Waals surface area contributed by atoms with E-state index in [1.807, 2.05) is 23.1 Å². The molecule has 1 fully saturated rings. The van der Waals surface area contributed by atoms with Crippen LogP contribution in [-0.2, 0) is 16.0 Å². The predicted molar refractivity (Wildman–Crippen MR) is 110 cm³/mol. The van der Waals surface area contributed by atoms with Crippen molar-refractivity contribution in [2.45, 2.75) is 32.2 Å². The van der Waals surface area contributed by atoms with Crippen LogP contribution in [0.25, 0.3) is 0 Å². The van der Waals surface area contributed by atoms with E-state index in [1.54, 1.807) is 18.2 Å². The molecule has 0 aromatic heterocycles. The van der Waals surface area contributed by atoms with Crippen molar-refractivity contribution in [1.29, 1.82) is 0 Å². The summed E-state index contributed by atoms with van der Waals surface area (Å²) in [6.07, 6.45) is 2.75. The van der Waals surface area contributed by atoms with E-state index in [4.69, 9.17) is 21.4 Å². The van der Waals surface area contributed by atoms with Crippen molar-refractivity contribution in [3.05, 3.63) is 64.2 Å². The molecule has 0 spiro atoms. The standard InChI is InChI=1S/C23H24ClNO4/c1-2-14-11-18(14)23(28)25-10-9-15-5-3-4-6-17(15)22(25)19-12-16(24)7-8-20(19)29-13-21(26)27/h3-8,12,14,18,22H,2,9-11,13H2,1H3,(H,26,27)/t14-,18-,22+/m1/s1. The molecular formula is C23H24ClNO4. The summed E-state index contributed by atoms with van der Waals surface area (Å²) in [5.74, 6) is 0.101. The normalized spacial score (nSPS) is 22.7. The Morgan fingerprint density at radius 2 is 2.00 bits per heavy atom. The molecule has 152 valence electrons. The lowest BCUT2D eigenvalue weighted by atomic mass is 9.87. The van der Waals surface area contributed by atoms with Crippen LogP contribution in [0.1, 0.15) is 42.5 Å². The van der Waals surface area contributed by atoms with Crippen molar-refractivity contribution in [3.63, 3.8) is 0 Å². The average Bonchev–Trinajstić information content (AvgIpc) is 3.51. The molecule has 2 aliphatic rings. The van der Waals surface area contributed by atoms with Crippen LogP contribution in [0.3, 0.4) is 0 Å². The van der Waals surface area contributed by atoms with Gasteiger partial charge >= 0.3 is 5.97 Å². The molecule has 6 heteroatoms. The van der Waals surface area contributed by atoms with Crippen molar-refractivity contribution < 1.29 is 19.4 Å². The maximum Gasteiger partial charge on any atom is 0.341 e. The highest BCUT2D eigenvalue weighted by molar-refractivity contribution is 6.30. The van der Waals surface area contributed by atoms with Crippen molar-refractivity contribution >= 4 is 23.5 Å². The second kappa shape index (κ2) is 8.07. The van der Waals surface area contributed by atoms with Gasteiger partial charge in [0.15, 0.2) is 6.61 Å². The molecule has 0 radical (unpaired) electrons. The number of nitrogens with zero attached hydrogens (tertiary/aromatic N) is 1. The summed E-state index contributed by atoms with van der Waals surface area (Å²) in [4.78, 5) is 26.3. The first kappa shape index (κ1) is 19.8. The first-order valence-corrected chi connectivity index (χ1v) is 10.4. The van der Waals surface area contributed by atoms with E-state index in [-0.39, 0.29) is 17.9 Å². The Labute approximate surface area is 175 Å². The number of halogens is 1. The summed E-state index contributed by atoms with van der Waals surface area (Å²) in [6.45, 7) is 2.30. The van der Waals surface area contributed by atoms with Crippen molar-refractivity contribution in [2.75, 3.05) is 13.2 Å². The number of hydrogen-bond acceptors (Lipinski definition) is 3. The maximum atomic E-state index is 13.3. The minimum Gasteiger partial charge on any atom is -0.482 e. The van der Waals surface area contributed by atoms with Crippen molar-refractivity contribution in [2.24, 2.45) is 11.8 Å². The number of rotatable bonds is 6. The van der Waals surface area contributed by atoms with Gasteiger partial charge in [-0.25, -0.2) is 4.79 Å². The number of fused-ring (bicyclic) bond motifs is 1. The predicted octanol–water partition coefficient (Wildman–Crippen LogP) is 4.32. The van der Waals surface area contributed by atoms with Gasteiger partial charge in [-0.15, -0.1) is 0 Å². The highest BCUT2D eigenvalue weighted by Crippen LogP contribution is 2.47. The van der Waals surface area contributed by atoms with Gasteiger partial charge in [-0.1, -0.05) is 49.2 Å². The number of hydrogen-bond donors (Lipinski definition) is 1. The first-order chi connectivity index (χ1) is 14.0. The second-order valence-electron chi connectivity index (χ2n) is 7.76. The van der Waals surface area contributed by atoms with E-state index in [1.165, 1.54) is 5.56 Å². The van der Waals surface area contributed by atoms with Crippen molar-refractivity contribution in [1.82, 2.24) is 4.90 Å². The number of amides is 1. The van der Waals surface area contributed by atoms with Crippen LogP contribution in [0.15, 0.2) is 42.5 Å². The minimum absolute atomic E-state index is 0.0790. The van der Waals surface area contributed by atoms with Crippen LogP contribution in [0.4, 0.5) is 0 Å². The highest BCUT2D eigenvalue weighted by Gasteiger charge is 2.46. The summed E-state index contributed by atoms with van der Waals surface area (Å²) >= 11 is 6.30. The van der Waals surface area contributed by atoms with Gasteiger partial charge in [-0.3, -0.25) is 4.79 Å². The van der Waals surface area contributed by atoms with E-state index >= 15 is 0 Å². The molecule has 0 unspecified atom stereocenters. The van der Waals surface area contributed by atoms with E-state index in [0.29, 0.717) is 23.2 Å². The number of benzene rings is 2. The number of carboxylic acid groups (broad SMARTS) is 1. The lowest BCUT2D eigenvalue weighted by molar-refractivity contribution is -0.139. The molecule has 29 heavy (non-hydrogen) atoms. The third kappa shape index (κ3) is 3.97. The molecule has 2 aromatic carbocycles. The third-order valence-electron chi connectivity index (χ3n) is 5.95. The molecule has 1 aliphatic carbocycles. The Morgan fingerprint density at radius 1 is 1.21 bits per heavy atom. The Hall–Kier alpha value is -2.53. The Balaban J connectivity index is 1.78. The highest BCUT2D eigenvalue weighted by atomic mass is 35.5. The zero-order valence-corrected chi connectivity index (χ0v) is 17.1. The second-order valence-corrected chi connectivity index (χ2v) is 8.19. The summed E-state index contributed by atoms with van der Waals surface area (Å²) in [5, 5.41) is 9.57. The van der Waals surface area contributed by atoms with Crippen molar-refractivity contribution in [3.8, 4) is 5.75 Å². The van der Waals surface area contributed by atoms with Gasteiger partial charge in [0.2, 0.25) is 5.91 Å². The molecule has 0 saturated heterocycles. The maximum absolute atomic E-state index is 13.3. The Bertz CT molecular complexity index is 944. The molecule has 4 rings (SSSR count). The molecule has 1 heterocycles. The number of carboxylic acids is 1. The fourth-order valence-electron chi connectivity index (χ4n) is 4.36. The van der Waals surface area contributed by atoms with Crippen LogP contribution in [0.5, 0.6) is 5.75 Å². The quantitative estimate of drug-likeness (QED) is 0.765. The third-order valence-corrected chi connectivity index (χ3v) is 6.18. The van der Waals surface area contributed by atoms with Gasteiger partial charge in [0.1, 0.15) is 5.75 Å². The molecular weight excluding hydrogens is 390 g/mol. The zero-order valence-electron chi connectivity index (χ0n) is 16.3. The zero-order chi connectivity index (χ0) is 20.5. The van der Waals surface area contributed by atoms with Gasteiger partial charge in [-0.05, 0) is 48.1 Å². The summed E-state index contributed by atoms with van der Waals surface area (Å²) in [6, 6.07) is 12.9. The van der Waals surface area contributed by atoms with Crippen LogP contribution >= 0.6 is 11.6 Å². The van der Waals surface area contributed by atoms with Crippen LogP contribution in [0.2, 0.25) is 5.02 Å². The number of aliphatic carboxylic acids is 1. The molecule has 2 aromatic rings. The Kier molecular flexibility index (Phi) is 5.50. The lowest BCUT2D eigenvalue weighted by Gasteiger charge is -2.38. The molecule has 1 aliphatic heterocycles. The molecule has 5 nitrogen and oxygen atoms in total. The van der Waals surface area contributed by atoms with Gasteiger partial charge in [0, 0.05) is 23.0 Å². The summed E-state index contributed by atoms with van der Waals surface area (Å²) < 4.78 is 5.57. The average molecular weight is 414 g/mol. The van der Waals surface area contributed by atoms with Crippen LogP contribution in [0, 0.1) is 11.8 Å². The molecule has 3 atom stereocenters. The SMILES string of the molecule is CC[C@@H]1C[C@H]1C(=O)N1CCc2ccccc2[C@H]1c1cc(Cl)ccc1OCC(=O)O. The van der Waals surface area contributed by atoms with E-state index in [0.717, 1.165) is 30.4 Å². The van der Waals surface area contributed by atoms with Gasteiger partial charge in [-0.2, -0.15) is 0 Å². The molecule has 1 N–H and O–H groups in total. The van der Waals surface area contributed by atoms with Crippen LogP contribution in [-0.4, -0.2) is 35.0 Å². The minimum atomic E-state index is -1.05. The van der Waals surface area contributed by atoms with Gasteiger partial charge < -0.3 is 14.7 Å². The summed E-state index contributed by atoms with van der Waals surface area (Å²) in [7, 11) is 0. The molecule has 1 amide bonds. The van der Waals surface area contributed by atoms with E-state index < -0.39 is 12.6 Å². The van der Waals surface area contributed by atoms with E-state index in [9.17, 15) is 9.59 Å². The number of carbonyl (C=O) groups excluding carboxylic acids is 1. The Morgan fingerprint density at radius 3 is 2.72 bits per heavy atom.